The van der Waals surface area contributed by atoms with Crippen molar-refractivity contribution in [2.75, 3.05) is 12.3 Å². The second-order valence-corrected chi connectivity index (χ2v) is 4.83. The Balaban J connectivity index is 2.48. The van der Waals surface area contributed by atoms with Crippen molar-refractivity contribution >= 4 is 18.0 Å². The van der Waals surface area contributed by atoms with Gasteiger partial charge in [-0.15, -0.1) is 0 Å². The molecule has 2 heterocycles. The van der Waals surface area contributed by atoms with Crippen LogP contribution in [-0.2, 0) is 4.74 Å². The maximum atomic E-state index is 14.5. The summed E-state index contributed by atoms with van der Waals surface area (Å²) in [6.45, 7) is 0.503. The van der Waals surface area contributed by atoms with Crippen LogP contribution in [0, 0.1) is 10.6 Å². The number of alkyl halides is 1. The van der Waals surface area contributed by atoms with Crippen LogP contribution >= 0.6 is 12.2 Å². The van der Waals surface area contributed by atoms with Gasteiger partial charge in [-0.25, -0.2) is 8.78 Å². The molecule has 0 saturated carbocycles. The van der Waals surface area contributed by atoms with Crippen molar-refractivity contribution in [2.24, 2.45) is 0 Å². The second kappa shape index (κ2) is 4.75. The molecule has 0 radical (unpaired) electrons. The minimum atomic E-state index is -2.25. The molecule has 1 aliphatic heterocycles. The van der Waals surface area contributed by atoms with Gasteiger partial charge in [-0.2, -0.15) is 4.98 Å². The Morgan fingerprint density at radius 1 is 1.68 bits per heavy atom. The fraction of sp³-hybridized carbons (Fsp3) is 0.600. The Morgan fingerprint density at radius 2 is 2.32 bits per heavy atom. The van der Waals surface area contributed by atoms with Crippen molar-refractivity contribution in [3.63, 3.8) is 0 Å². The van der Waals surface area contributed by atoms with Gasteiger partial charge in [0, 0.05) is 6.20 Å². The van der Waals surface area contributed by atoms with E-state index in [2.05, 4.69) is 4.98 Å². The van der Waals surface area contributed by atoms with Crippen molar-refractivity contribution in [2.45, 2.75) is 31.0 Å². The number of halogens is 2. The SMILES string of the molecule is CC1(F)C(O)C(CO)OC1n1cc(F)c(N)nc1=S. The van der Waals surface area contributed by atoms with E-state index in [1.165, 1.54) is 0 Å². The summed E-state index contributed by atoms with van der Waals surface area (Å²) < 4.78 is 33.8. The largest absolute Gasteiger partial charge is 0.394 e. The highest BCUT2D eigenvalue weighted by atomic mass is 32.1. The molecule has 4 unspecified atom stereocenters. The molecule has 6 nitrogen and oxygen atoms in total. The van der Waals surface area contributed by atoms with E-state index in [4.69, 9.17) is 27.8 Å². The van der Waals surface area contributed by atoms with Crippen LogP contribution in [0.3, 0.4) is 0 Å². The number of nitrogen functional groups attached to an aromatic ring is 1. The topological polar surface area (TPSA) is 93.5 Å². The first-order valence-electron chi connectivity index (χ1n) is 5.46. The second-order valence-electron chi connectivity index (χ2n) is 4.47. The lowest BCUT2D eigenvalue weighted by Crippen LogP contribution is -2.40. The molecular formula is C10H13F2N3O3S. The van der Waals surface area contributed by atoms with Gasteiger partial charge in [0.2, 0.25) is 4.77 Å². The normalized spacial score (nSPS) is 34.7. The van der Waals surface area contributed by atoms with Gasteiger partial charge in [0.25, 0.3) is 0 Å². The zero-order valence-electron chi connectivity index (χ0n) is 9.96. The number of ether oxygens (including phenoxy) is 1. The van der Waals surface area contributed by atoms with Gasteiger partial charge in [0.05, 0.1) is 6.61 Å². The van der Waals surface area contributed by atoms with Crippen LogP contribution in [0.2, 0.25) is 0 Å². The minimum absolute atomic E-state index is 0.182. The van der Waals surface area contributed by atoms with Crippen LogP contribution in [0.25, 0.3) is 0 Å². The summed E-state index contributed by atoms with van der Waals surface area (Å²) in [7, 11) is 0. The predicted molar refractivity (Wildman–Crippen MR) is 63.9 cm³/mol. The van der Waals surface area contributed by atoms with Crippen molar-refractivity contribution in [1.29, 1.82) is 0 Å². The molecule has 0 aliphatic carbocycles. The maximum absolute atomic E-state index is 14.5. The van der Waals surface area contributed by atoms with Gasteiger partial charge in [-0.1, -0.05) is 0 Å². The third-order valence-electron chi connectivity index (χ3n) is 3.08. The highest BCUT2D eigenvalue weighted by Gasteiger charge is 2.54. The predicted octanol–water partition coefficient (Wildman–Crippen LogP) is 0.313. The molecule has 106 valence electrons. The Hall–Kier alpha value is -1.16. The first-order chi connectivity index (χ1) is 8.78. The summed E-state index contributed by atoms with van der Waals surface area (Å²) in [5.74, 6) is -1.28. The quantitative estimate of drug-likeness (QED) is 0.680. The number of aliphatic hydroxyl groups excluding tert-OH is 2. The number of hydrogen-bond acceptors (Lipinski definition) is 6. The Labute approximate surface area is 112 Å². The Kier molecular flexibility index (Phi) is 3.56. The summed E-state index contributed by atoms with van der Waals surface area (Å²) in [6, 6.07) is 0. The molecule has 0 bridgehead atoms. The number of anilines is 1. The monoisotopic (exact) mass is 293 g/mol. The molecule has 9 heteroatoms. The van der Waals surface area contributed by atoms with E-state index < -0.39 is 42.3 Å². The van der Waals surface area contributed by atoms with E-state index in [0.717, 1.165) is 17.7 Å². The highest BCUT2D eigenvalue weighted by molar-refractivity contribution is 7.71. The van der Waals surface area contributed by atoms with Crippen LogP contribution in [0.4, 0.5) is 14.6 Å². The third kappa shape index (κ3) is 2.22. The molecule has 1 fully saturated rings. The molecule has 0 amide bonds. The number of aliphatic hydroxyl groups is 2. The summed E-state index contributed by atoms with van der Waals surface area (Å²) in [5.41, 5.74) is 2.99. The molecular weight excluding hydrogens is 280 g/mol. The first kappa shape index (κ1) is 14.3. The summed E-state index contributed by atoms with van der Waals surface area (Å²) in [4.78, 5) is 3.55. The molecule has 19 heavy (non-hydrogen) atoms. The zero-order chi connectivity index (χ0) is 14.4. The zero-order valence-corrected chi connectivity index (χ0v) is 10.8. The van der Waals surface area contributed by atoms with Crippen molar-refractivity contribution in [1.82, 2.24) is 9.55 Å². The number of nitrogens with two attached hydrogens (primary N) is 1. The van der Waals surface area contributed by atoms with Crippen LogP contribution < -0.4 is 5.73 Å². The van der Waals surface area contributed by atoms with Gasteiger partial charge >= 0.3 is 0 Å². The summed E-state index contributed by atoms with van der Waals surface area (Å²) >= 11 is 4.87. The van der Waals surface area contributed by atoms with Crippen molar-refractivity contribution < 1.29 is 23.7 Å². The van der Waals surface area contributed by atoms with Crippen LogP contribution in [0.5, 0.6) is 0 Å². The number of nitrogens with zero attached hydrogens (tertiary/aromatic N) is 2. The third-order valence-corrected chi connectivity index (χ3v) is 3.39. The standard InChI is InChI=1S/C10H13F2N3O3S/c1-10(12)6(17)5(3-16)18-8(10)15-2-4(11)7(13)14-9(15)19/h2,5-6,8,16-17H,3H2,1H3,(H2,13,14,19). The number of rotatable bonds is 2. The molecule has 1 saturated heterocycles. The molecule has 0 aromatic carbocycles. The van der Waals surface area contributed by atoms with E-state index in [1.807, 2.05) is 0 Å². The highest BCUT2D eigenvalue weighted by Crippen LogP contribution is 2.41. The molecule has 4 atom stereocenters. The smallest absolute Gasteiger partial charge is 0.203 e. The lowest BCUT2D eigenvalue weighted by Gasteiger charge is -2.25. The summed E-state index contributed by atoms with van der Waals surface area (Å²) in [5, 5.41) is 18.7. The van der Waals surface area contributed by atoms with E-state index in [-0.39, 0.29) is 4.77 Å². The number of hydrogen-bond donors (Lipinski definition) is 3. The molecule has 1 aliphatic rings. The molecule has 2 rings (SSSR count). The van der Waals surface area contributed by atoms with E-state index in [0.29, 0.717) is 0 Å². The fourth-order valence-electron chi connectivity index (χ4n) is 1.99. The van der Waals surface area contributed by atoms with Crippen LogP contribution in [-0.4, -0.2) is 44.2 Å². The van der Waals surface area contributed by atoms with Gasteiger partial charge in [0.1, 0.15) is 12.2 Å². The fourth-order valence-corrected chi connectivity index (χ4v) is 2.24. The van der Waals surface area contributed by atoms with Gasteiger partial charge in [-0.05, 0) is 19.1 Å². The number of aromatic nitrogens is 2. The summed E-state index contributed by atoms with van der Waals surface area (Å²) in [6.07, 6.45) is -3.22. The molecule has 1 aromatic rings. The lowest BCUT2D eigenvalue weighted by atomic mass is 9.98. The molecule has 4 N–H and O–H groups in total. The Bertz CT molecular complexity index is 551. The van der Waals surface area contributed by atoms with E-state index in [1.54, 1.807) is 0 Å². The van der Waals surface area contributed by atoms with Crippen LogP contribution in [0.15, 0.2) is 6.20 Å². The van der Waals surface area contributed by atoms with E-state index >= 15 is 0 Å². The van der Waals surface area contributed by atoms with Crippen molar-refractivity contribution in [3.05, 3.63) is 16.8 Å². The van der Waals surface area contributed by atoms with Crippen molar-refractivity contribution in [3.8, 4) is 0 Å². The average Bonchev–Trinajstić information content (AvgIpc) is 2.56. The van der Waals surface area contributed by atoms with Gasteiger partial charge in [0.15, 0.2) is 23.5 Å². The average molecular weight is 293 g/mol. The van der Waals surface area contributed by atoms with Crippen LogP contribution in [0.1, 0.15) is 13.2 Å². The first-order valence-corrected chi connectivity index (χ1v) is 5.87. The molecule has 1 aromatic heterocycles. The Morgan fingerprint density at radius 3 is 2.84 bits per heavy atom. The molecule has 0 spiro atoms. The van der Waals surface area contributed by atoms with E-state index in [9.17, 15) is 13.9 Å². The maximum Gasteiger partial charge on any atom is 0.203 e. The minimum Gasteiger partial charge on any atom is -0.394 e. The lowest BCUT2D eigenvalue weighted by molar-refractivity contribution is -0.0604. The van der Waals surface area contributed by atoms with Gasteiger partial charge < -0.3 is 20.7 Å². The van der Waals surface area contributed by atoms with Gasteiger partial charge in [-0.3, -0.25) is 4.57 Å².